The van der Waals surface area contributed by atoms with E-state index >= 15 is 0 Å². The van der Waals surface area contributed by atoms with Crippen LogP contribution in [-0.2, 0) is 19.1 Å². The van der Waals surface area contributed by atoms with Crippen molar-refractivity contribution in [1.82, 2.24) is 20.5 Å². The van der Waals surface area contributed by atoms with Crippen LogP contribution in [0.25, 0.3) is 0 Å². The van der Waals surface area contributed by atoms with Gasteiger partial charge in [-0.05, 0) is 61.8 Å². The van der Waals surface area contributed by atoms with E-state index in [9.17, 15) is 32.3 Å². The lowest BCUT2D eigenvalue weighted by Crippen LogP contribution is -2.51. The number of amides is 3. The molecule has 2 N–H and O–H groups in total. The second kappa shape index (κ2) is 12.6. The average molecular weight is 603 g/mol. The molecule has 4 atom stereocenters. The van der Waals surface area contributed by atoms with E-state index in [-0.39, 0.29) is 36.4 Å². The molecule has 3 fully saturated rings. The number of benzene rings is 1. The van der Waals surface area contributed by atoms with E-state index in [1.54, 1.807) is 17.0 Å². The minimum Gasteiger partial charge on any atom is -0.482 e. The summed E-state index contributed by atoms with van der Waals surface area (Å²) in [6.07, 6.45) is -1.11. The molecule has 230 valence electrons. The summed E-state index contributed by atoms with van der Waals surface area (Å²) >= 11 is 0. The molecule has 1 aromatic heterocycles. The van der Waals surface area contributed by atoms with Crippen LogP contribution in [0.15, 0.2) is 42.6 Å². The lowest BCUT2D eigenvalue weighted by molar-refractivity contribution is -0.174. The summed E-state index contributed by atoms with van der Waals surface area (Å²) in [6, 6.07) is 8.95. The van der Waals surface area contributed by atoms with Crippen LogP contribution >= 0.6 is 0 Å². The topological polar surface area (TPSA) is 127 Å². The molecule has 43 heavy (non-hydrogen) atoms. The number of hydrogen-bond donors (Lipinski definition) is 2. The van der Waals surface area contributed by atoms with Crippen molar-refractivity contribution >= 4 is 23.7 Å². The highest BCUT2D eigenvalue weighted by Crippen LogP contribution is 2.40. The number of alkyl halides is 3. The van der Waals surface area contributed by atoms with E-state index in [0.717, 1.165) is 18.4 Å². The molecule has 2 saturated heterocycles. The third-order valence-corrected chi connectivity index (χ3v) is 7.89. The molecule has 2 aliphatic heterocycles. The van der Waals surface area contributed by atoms with Gasteiger partial charge in [-0.3, -0.25) is 19.2 Å². The Morgan fingerprint density at radius 1 is 1.09 bits per heavy atom. The molecule has 3 amide bonds. The minimum atomic E-state index is -5.04. The maximum Gasteiger partial charge on any atom is 0.471 e. The van der Waals surface area contributed by atoms with Crippen molar-refractivity contribution in [2.45, 2.75) is 69.3 Å². The van der Waals surface area contributed by atoms with Gasteiger partial charge >= 0.3 is 18.1 Å². The van der Waals surface area contributed by atoms with Crippen LogP contribution in [0.1, 0.15) is 72.7 Å². The Morgan fingerprint density at radius 2 is 1.84 bits per heavy atom. The van der Waals surface area contributed by atoms with Crippen molar-refractivity contribution in [3.05, 3.63) is 59.4 Å². The third kappa shape index (κ3) is 7.63. The van der Waals surface area contributed by atoms with Crippen LogP contribution in [0.3, 0.4) is 0 Å². The van der Waals surface area contributed by atoms with Gasteiger partial charge < -0.3 is 25.0 Å². The van der Waals surface area contributed by atoms with Crippen LogP contribution in [0.5, 0.6) is 5.75 Å². The molecule has 1 aliphatic carbocycles. The molecule has 10 nitrogen and oxygen atoms in total. The average Bonchev–Trinajstić information content (AvgIpc) is 3.75. The number of rotatable bonds is 9. The Morgan fingerprint density at radius 3 is 2.44 bits per heavy atom. The number of esters is 1. The van der Waals surface area contributed by atoms with Crippen LogP contribution < -0.4 is 15.4 Å². The zero-order valence-corrected chi connectivity index (χ0v) is 23.6. The molecule has 3 heterocycles. The van der Waals surface area contributed by atoms with E-state index in [1.807, 2.05) is 17.4 Å². The number of halogens is 3. The fourth-order valence-corrected chi connectivity index (χ4v) is 5.41. The van der Waals surface area contributed by atoms with Crippen molar-refractivity contribution in [3.63, 3.8) is 0 Å². The van der Waals surface area contributed by atoms with Crippen molar-refractivity contribution in [2.75, 3.05) is 19.7 Å². The molecule has 13 heteroatoms. The molecule has 5 rings (SSSR count). The number of nitrogens with zero attached hydrogens (tertiary/aromatic N) is 2. The number of ether oxygens (including phenoxy) is 2. The van der Waals surface area contributed by atoms with Crippen molar-refractivity contribution in [3.8, 4) is 5.75 Å². The highest BCUT2D eigenvalue weighted by molar-refractivity contribution is 5.92. The first kappa shape index (κ1) is 30.3. The smallest absolute Gasteiger partial charge is 0.471 e. The van der Waals surface area contributed by atoms with E-state index in [1.165, 1.54) is 25.3 Å². The van der Waals surface area contributed by atoms with E-state index in [4.69, 9.17) is 9.47 Å². The van der Waals surface area contributed by atoms with Gasteiger partial charge in [-0.1, -0.05) is 24.3 Å². The van der Waals surface area contributed by atoms with Gasteiger partial charge in [0, 0.05) is 19.1 Å². The lowest BCUT2D eigenvalue weighted by Gasteiger charge is -2.34. The second-order valence-corrected chi connectivity index (χ2v) is 11.3. The fraction of sp³-hybridized carbons (Fsp3) is 0.500. The maximum atomic E-state index is 12.9. The van der Waals surface area contributed by atoms with Crippen LogP contribution in [0, 0.1) is 5.92 Å². The molecule has 0 unspecified atom stereocenters. The molecule has 1 aromatic carbocycles. The Labute approximate surface area is 246 Å². The molecular formula is C30H33F3N4O6. The fourth-order valence-electron chi connectivity index (χ4n) is 5.41. The van der Waals surface area contributed by atoms with E-state index in [2.05, 4.69) is 10.3 Å². The Kier molecular flexibility index (Phi) is 8.88. The van der Waals surface area contributed by atoms with Crippen LogP contribution in [0.4, 0.5) is 13.2 Å². The number of aromatic nitrogens is 1. The first-order chi connectivity index (χ1) is 20.5. The normalized spacial score (nSPS) is 21.9. The Balaban J connectivity index is 1.22. The standard InChI is InChI=1S/C30H33F3N4O6/c1-17(35-29(41)30(31,32)33)26(20-8-6-19(7-9-20)18-4-5-18)43-23-10-11-24(34-14-23)27(39)36-22-3-2-12-37(15-22)28(40)21-13-25(38)42-16-21/h6-11,14,17-18,21-22,26H,2-5,12-13,15-16H2,1H3,(H,35,41)(H,36,39)/t17-,21+,22-,26-/m0/s1. The number of carbonyl (C=O) groups is 4. The summed E-state index contributed by atoms with van der Waals surface area (Å²) in [5, 5.41) is 4.86. The number of carbonyl (C=O) groups excluding carboxylic acids is 4. The summed E-state index contributed by atoms with van der Waals surface area (Å²) in [6.45, 7) is 2.34. The number of likely N-dealkylation sites (tertiary alicyclic amines) is 1. The van der Waals surface area contributed by atoms with Gasteiger partial charge in [-0.15, -0.1) is 0 Å². The van der Waals surface area contributed by atoms with Crippen molar-refractivity contribution in [2.24, 2.45) is 5.92 Å². The van der Waals surface area contributed by atoms with Gasteiger partial charge in [0.05, 0.1) is 24.6 Å². The van der Waals surface area contributed by atoms with Gasteiger partial charge in [0.25, 0.3) is 5.91 Å². The Bertz CT molecular complexity index is 1350. The molecule has 0 spiro atoms. The largest absolute Gasteiger partial charge is 0.482 e. The number of hydrogen-bond acceptors (Lipinski definition) is 7. The van der Waals surface area contributed by atoms with E-state index < -0.39 is 42.0 Å². The molecule has 1 saturated carbocycles. The van der Waals surface area contributed by atoms with Crippen LogP contribution in [0.2, 0.25) is 0 Å². The summed E-state index contributed by atoms with van der Waals surface area (Å²) in [5.41, 5.74) is 1.81. The maximum absolute atomic E-state index is 12.9. The van der Waals surface area contributed by atoms with Crippen molar-refractivity contribution in [1.29, 1.82) is 0 Å². The minimum absolute atomic E-state index is 0.0603. The second-order valence-electron chi connectivity index (χ2n) is 11.3. The summed E-state index contributed by atoms with van der Waals surface area (Å²) in [5.74, 6) is -2.89. The molecule has 2 aromatic rings. The van der Waals surface area contributed by atoms with E-state index in [0.29, 0.717) is 37.4 Å². The monoisotopic (exact) mass is 602 g/mol. The van der Waals surface area contributed by atoms with Gasteiger partial charge in [-0.25, -0.2) is 4.98 Å². The first-order valence-electron chi connectivity index (χ1n) is 14.3. The first-order valence-corrected chi connectivity index (χ1v) is 14.3. The van der Waals surface area contributed by atoms with Gasteiger partial charge in [0.2, 0.25) is 5.91 Å². The number of cyclic esters (lactones) is 1. The summed E-state index contributed by atoms with van der Waals surface area (Å²) < 4.78 is 49.8. The molecule has 0 bridgehead atoms. The van der Waals surface area contributed by atoms with Gasteiger partial charge in [-0.2, -0.15) is 13.2 Å². The van der Waals surface area contributed by atoms with Gasteiger partial charge in [0.15, 0.2) is 0 Å². The lowest BCUT2D eigenvalue weighted by atomic mass is 10.00. The molecular weight excluding hydrogens is 569 g/mol. The molecule has 0 radical (unpaired) electrons. The summed E-state index contributed by atoms with van der Waals surface area (Å²) in [4.78, 5) is 54.5. The van der Waals surface area contributed by atoms with Gasteiger partial charge in [0.1, 0.15) is 24.2 Å². The SMILES string of the molecule is C[C@H](NC(=O)C(F)(F)F)[C@H](Oc1ccc(C(=O)N[C@H]2CCCN(C(=O)[C@H]3COC(=O)C3)C2)nc1)c1ccc(C2CC2)cc1. The highest BCUT2D eigenvalue weighted by atomic mass is 19.4. The van der Waals surface area contributed by atoms with Crippen LogP contribution in [-0.4, -0.2) is 71.5 Å². The zero-order chi connectivity index (χ0) is 30.7. The predicted molar refractivity (Wildman–Crippen MR) is 146 cm³/mol. The predicted octanol–water partition coefficient (Wildman–Crippen LogP) is 3.43. The Hall–Kier alpha value is -4.16. The zero-order valence-electron chi connectivity index (χ0n) is 23.6. The summed E-state index contributed by atoms with van der Waals surface area (Å²) in [7, 11) is 0. The third-order valence-electron chi connectivity index (χ3n) is 7.89. The quantitative estimate of drug-likeness (QED) is 0.421. The number of pyridine rings is 1. The number of piperidine rings is 1. The molecule has 3 aliphatic rings. The highest BCUT2D eigenvalue weighted by Gasteiger charge is 2.41. The number of nitrogens with one attached hydrogen (secondary N) is 2. The van der Waals surface area contributed by atoms with Crippen molar-refractivity contribution < 1.29 is 41.8 Å².